The summed E-state index contributed by atoms with van der Waals surface area (Å²) in [5, 5.41) is 6.31. The average molecular weight is 312 g/mol. The van der Waals surface area contributed by atoms with Gasteiger partial charge in [-0.25, -0.2) is 0 Å². The molecule has 3 rings (SSSR count). The Morgan fingerprint density at radius 3 is 2.65 bits per heavy atom. The quantitative estimate of drug-likeness (QED) is 0.805. The molecule has 0 saturated carbocycles. The highest BCUT2D eigenvalue weighted by molar-refractivity contribution is 6.01. The van der Waals surface area contributed by atoms with Crippen molar-refractivity contribution in [3.63, 3.8) is 0 Å². The van der Waals surface area contributed by atoms with Crippen LogP contribution in [0, 0.1) is 0 Å². The number of carbonyl (C=O) groups is 1. The Morgan fingerprint density at radius 1 is 1.00 bits per heavy atom. The van der Waals surface area contributed by atoms with Crippen molar-refractivity contribution in [3.8, 4) is 5.75 Å². The number of fused-ring (bicyclic) bond motifs is 1. The minimum absolute atomic E-state index is 0.0894. The molecule has 1 aliphatic heterocycles. The number of hydrogen-bond donors (Lipinski definition) is 2. The molecule has 23 heavy (non-hydrogen) atoms. The number of nitrogens with one attached hydrogen (secondary N) is 2. The van der Waals surface area contributed by atoms with Crippen molar-refractivity contribution in [2.45, 2.75) is 13.1 Å². The Morgan fingerprint density at radius 2 is 1.78 bits per heavy atom. The summed E-state index contributed by atoms with van der Waals surface area (Å²) in [6, 6.07) is 15.2. The van der Waals surface area contributed by atoms with E-state index < -0.39 is 0 Å². The number of hydrogen-bond acceptors (Lipinski definition) is 4. The van der Waals surface area contributed by atoms with Crippen molar-refractivity contribution in [3.05, 3.63) is 59.7 Å². The summed E-state index contributed by atoms with van der Waals surface area (Å²) < 4.78 is 11.1. The Labute approximate surface area is 135 Å². The zero-order chi connectivity index (χ0) is 16.1. The van der Waals surface area contributed by atoms with Crippen LogP contribution in [0.4, 0.5) is 5.69 Å². The molecule has 0 aliphatic carbocycles. The molecule has 2 N–H and O–H groups in total. The van der Waals surface area contributed by atoms with Gasteiger partial charge in [-0.1, -0.05) is 30.3 Å². The number of rotatable bonds is 6. The zero-order valence-electron chi connectivity index (χ0n) is 13.0. The van der Waals surface area contributed by atoms with E-state index in [2.05, 4.69) is 10.6 Å². The third-order valence-corrected chi connectivity index (χ3v) is 3.67. The fourth-order valence-electron chi connectivity index (χ4n) is 2.57. The van der Waals surface area contributed by atoms with E-state index in [1.807, 2.05) is 49.4 Å². The average Bonchev–Trinajstić information content (AvgIpc) is 2.59. The second-order valence-electron chi connectivity index (χ2n) is 5.18. The lowest BCUT2D eigenvalue weighted by atomic mass is 10.1. The second kappa shape index (κ2) is 7.15. The van der Waals surface area contributed by atoms with Crippen molar-refractivity contribution >= 4 is 11.6 Å². The molecule has 0 aromatic heterocycles. The van der Waals surface area contributed by atoms with Gasteiger partial charge in [-0.05, 0) is 25.1 Å². The molecular formula is C18H20N2O3. The van der Waals surface area contributed by atoms with Crippen LogP contribution in [0.1, 0.15) is 29.0 Å². The van der Waals surface area contributed by atoms with Gasteiger partial charge in [-0.3, -0.25) is 4.79 Å². The summed E-state index contributed by atoms with van der Waals surface area (Å²) in [6.07, 6.45) is -0.319. The van der Waals surface area contributed by atoms with Crippen LogP contribution in [0.5, 0.6) is 5.75 Å². The Hall–Kier alpha value is -2.53. The van der Waals surface area contributed by atoms with Gasteiger partial charge in [0.05, 0.1) is 12.2 Å². The SMILES string of the molecule is CCOCCOc1ccccc1C1NC(=O)c2ccccc2N1. The van der Waals surface area contributed by atoms with Crippen molar-refractivity contribution in [1.29, 1.82) is 0 Å². The first-order valence-corrected chi connectivity index (χ1v) is 7.75. The standard InChI is InChI=1S/C18H20N2O3/c1-2-22-11-12-23-16-10-6-4-8-14(16)17-19-15-9-5-3-7-13(15)18(21)20-17/h3-10,17,19H,2,11-12H2,1H3,(H,20,21). The van der Waals surface area contributed by atoms with Gasteiger partial charge >= 0.3 is 0 Å². The number of benzene rings is 2. The van der Waals surface area contributed by atoms with E-state index in [0.29, 0.717) is 25.4 Å². The fourth-order valence-corrected chi connectivity index (χ4v) is 2.57. The first-order chi connectivity index (χ1) is 11.3. The lowest BCUT2D eigenvalue weighted by Gasteiger charge is -2.29. The zero-order valence-corrected chi connectivity index (χ0v) is 13.0. The molecule has 1 amide bonds. The monoisotopic (exact) mass is 312 g/mol. The summed E-state index contributed by atoms with van der Waals surface area (Å²) in [7, 11) is 0. The Balaban J connectivity index is 1.79. The lowest BCUT2D eigenvalue weighted by molar-refractivity contribution is 0.0933. The molecule has 2 aromatic rings. The smallest absolute Gasteiger partial charge is 0.255 e. The third-order valence-electron chi connectivity index (χ3n) is 3.67. The van der Waals surface area contributed by atoms with E-state index in [4.69, 9.17) is 9.47 Å². The van der Waals surface area contributed by atoms with Crippen LogP contribution in [-0.2, 0) is 4.74 Å². The van der Waals surface area contributed by atoms with Gasteiger partial charge in [0.25, 0.3) is 5.91 Å². The highest BCUT2D eigenvalue weighted by atomic mass is 16.5. The summed E-state index contributed by atoms with van der Waals surface area (Å²) in [5.74, 6) is 0.651. The largest absolute Gasteiger partial charge is 0.491 e. The van der Waals surface area contributed by atoms with E-state index in [1.165, 1.54) is 0 Å². The predicted octanol–water partition coefficient (Wildman–Crippen LogP) is 2.96. The van der Waals surface area contributed by atoms with Crippen LogP contribution in [0.15, 0.2) is 48.5 Å². The summed E-state index contributed by atoms with van der Waals surface area (Å²) in [4.78, 5) is 12.3. The molecule has 1 aliphatic rings. The molecule has 0 spiro atoms. The minimum atomic E-state index is -0.319. The maximum Gasteiger partial charge on any atom is 0.255 e. The molecule has 1 heterocycles. The van der Waals surface area contributed by atoms with E-state index in [-0.39, 0.29) is 12.1 Å². The highest BCUT2D eigenvalue weighted by Crippen LogP contribution is 2.31. The molecule has 0 saturated heterocycles. The minimum Gasteiger partial charge on any atom is -0.491 e. The molecule has 5 heteroatoms. The summed E-state index contributed by atoms with van der Waals surface area (Å²) in [6.45, 7) is 3.63. The van der Waals surface area contributed by atoms with Crippen LogP contribution < -0.4 is 15.4 Å². The van der Waals surface area contributed by atoms with Gasteiger partial charge in [0.1, 0.15) is 18.5 Å². The van der Waals surface area contributed by atoms with E-state index >= 15 is 0 Å². The van der Waals surface area contributed by atoms with Crippen LogP contribution in [0.2, 0.25) is 0 Å². The first kappa shape index (κ1) is 15.4. The lowest BCUT2D eigenvalue weighted by Crippen LogP contribution is -2.38. The van der Waals surface area contributed by atoms with Gasteiger partial charge < -0.3 is 20.1 Å². The molecule has 120 valence electrons. The van der Waals surface area contributed by atoms with Gasteiger partial charge in [0.15, 0.2) is 0 Å². The normalized spacial score (nSPS) is 16.2. The van der Waals surface area contributed by atoms with Crippen molar-refractivity contribution in [1.82, 2.24) is 5.32 Å². The second-order valence-corrected chi connectivity index (χ2v) is 5.18. The number of carbonyl (C=O) groups excluding carboxylic acids is 1. The van der Waals surface area contributed by atoms with Gasteiger partial charge in [-0.2, -0.15) is 0 Å². The van der Waals surface area contributed by atoms with E-state index in [9.17, 15) is 4.79 Å². The molecule has 5 nitrogen and oxygen atoms in total. The van der Waals surface area contributed by atoms with Gasteiger partial charge in [0, 0.05) is 17.9 Å². The molecule has 1 atom stereocenters. The molecule has 1 unspecified atom stereocenters. The highest BCUT2D eigenvalue weighted by Gasteiger charge is 2.26. The molecular weight excluding hydrogens is 292 g/mol. The fraction of sp³-hybridized carbons (Fsp3) is 0.278. The van der Waals surface area contributed by atoms with Crippen LogP contribution in [0.25, 0.3) is 0 Å². The van der Waals surface area contributed by atoms with E-state index in [0.717, 1.165) is 17.0 Å². The number of para-hydroxylation sites is 2. The molecule has 0 radical (unpaired) electrons. The van der Waals surface area contributed by atoms with Gasteiger partial charge in [-0.15, -0.1) is 0 Å². The molecule has 0 bridgehead atoms. The third kappa shape index (κ3) is 3.46. The maximum absolute atomic E-state index is 12.3. The predicted molar refractivity (Wildman–Crippen MR) is 88.7 cm³/mol. The van der Waals surface area contributed by atoms with Gasteiger partial charge in [0.2, 0.25) is 0 Å². The Kier molecular flexibility index (Phi) is 4.78. The Bertz CT molecular complexity index is 687. The maximum atomic E-state index is 12.3. The van der Waals surface area contributed by atoms with Crippen molar-refractivity contribution < 1.29 is 14.3 Å². The number of amides is 1. The first-order valence-electron chi connectivity index (χ1n) is 7.75. The molecule has 0 fully saturated rings. The molecule has 2 aromatic carbocycles. The van der Waals surface area contributed by atoms with E-state index in [1.54, 1.807) is 6.07 Å². The summed E-state index contributed by atoms with van der Waals surface area (Å²) >= 11 is 0. The van der Waals surface area contributed by atoms with Crippen LogP contribution >= 0.6 is 0 Å². The number of ether oxygens (including phenoxy) is 2. The van der Waals surface area contributed by atoms with Crippen molar-refractivity contribution in [2.75, 3.05) is 25.1 Å². The summed E-state index contributed by atoms with van der Waals surface area (Å²) in [5.41, 5.74) is 2.37. The van der Waals surface area contributed by atoms with Crippen LogP contribution in [0.3, 0.4) is 0 Å². The topological polar surface area (TPSA) is 59.6 Å². The van der Waals surface area contributed by atoms with Crippen molar-refractivity contribution in [2.24, 2.45) is 0 Å². The van der Waals surface area contributed by atoms with Crippen LogP contribution in [-0.4, -0.2) is 25.7 Å². The number of anilines is 1.